The quantitative estimate of drug-likeness (QED) is 0.706. The minimum atomic E-state index is -3.85. The van der Waals surface area contributed by atoms with Gasteiger partial charge in [0.25, 0.3) is 15.9 Å². The first-order valence-electron chi connectivity index (χ1n) is 6.37. The molecule has 0 saturated carbocycles. The second-order valence-corrected chi connectivity index (χ2v) is 6.30. The Bertz CT molecular complexity index is 830. The number of primary amides is 1. The molecule has 1 aromatic carbocycles. The van der Waals surface area contributed by atoms with Crippen molar-refractivity contribution >= 4 is 27.6 Å². The Labute approximate surface area is 132 Å². The van der Waals surface area contributed by atoms with Gasteiger partial charge in [-0.25, -0.2) is 13.4 Å². The Morgan fingerprint density at radius 1 is 1.13 bits per heavy atom. The minimum Gasteiger partial charge on any atom is -0.481 e. The van der Waals surface area contributed by atoms with E-state index in [2.05, 4.69) is 9.71 Å². The number of aromatic nitrogens is 1. The van der Waals surface area contributed by atoms with E-state index in [0.717, 1.165) is 0 Å². The van der Waals surface area contributed by atoms with Gasteiger partial charge in [0.2, 0.25) is 0 Å². The van der Waals surface area contributed by atoms with Crippen molar-refractivity contribution < 1.29 is 23.1 Å². The van der Waals surface area contributed by atoms with Crippen LogP contribution in [0.3, 0.4) is 0 Å². The third-order valence-corrected chi connectivity index (χ3v) is 4.25. The molecule has 8 nitrogen and oxygen atoms in total. The van der Waals surface area contributed by atoms with E-state index >= 15 is 0 Å². The van der Waals surface area contributed by atoms with Crippen LogP contribution >= 0.6 is 0 Å². The Morgan fingerprint density at radius 2 is 1.78 bits per heavy atom. The number of nitrogens with two attached hydrogens (primary N) is 1. The molecule has 0 unspecified atom stereocenters. The highest BCUT2D eigenvalue weighted by Gasteiger charge is 2.15. The van der Waals surface area contributed by atoms with Gasteiger partial charge in [-0.2, -0.15) is 0 Å². The summed E-state index contributed by atoms with van der Waals surface area (Å²) in [4.78, 5) is 25.2. The third kappa shape index (κ3) is 4.27. The largest absolute Gasteiger partial charge is 0.481 e. The second kappa shape index (κ2) is 6.44. The molecule has 0 saturated heterocycles. The van der Waals surface area contributed by atoms with E-state index in [1.54, 1.807) is 0 Å². The molecule has 2 aromatic rings. The van der Waals surface area contributed by atoms with Crippen molar-refractivity contribution in [1.29, 1.82) is 0 Å². The number of benzene rings is 1. The number of aliphatic carboxylic acids is 1. The van der Waals surface area contributed by atoms with E-state index in [9.17, 15) is 18.0 Å². The van der Waals surface area contributed by atoms with Crippen molar-refractivity contribution in [3.8, 4) is 0 Å². The number of amides is 1. The third-order valence-electron chi connectivity index (χ3n) is 2.86. The molecular formula is C14H13N3O5S. The SMILES string of the molecule is NC(=O)c1ccc(NS(=O)(=O)c2ccc(CC(=O)O)cc2)cn1. The molecule has 1 amide bonds. The summed E-state index contributed by atoms with van der Waals surface area (Å²) in [6, 6.07) is 8.14. The molecule has 23 heavy (non-hydrogen) atoms. The minimum absolute atomic E-state index is 0.0194. The van der Waals surface area contributed by atoms with E-state index in [1.807, 2.05) is 0 Å². The monoisotopic (exact) mass is 335 g/mol. The topological polar surface area (TPSA) is 139 Å². The molecule has 0 aliphatic carbocycles. The number of anilines is 1. The van der Waals surface area contributed by atoms with Gasteiger partial charge in [-0.05, 0) is 29.8 Å². The van der Waals surface area contributed by atoms with E-state index < -0.39 is 21.9 Å². The highest BCUT2D eigenvalue weighted by Crippen LogP contribution is 2.16. The fourth-order valence-corrected chi connectivity index (χ4v) is 2.82. The lowest BCUT2D eigenvalue weighted by Crippen LogP contribution is -2.15. The Kier molecular flexibility index (Phi) is 4.60. The lowest BCUT2D eigenvalue weighted by atomic mass is 10.2. The van der Waals surface area contributed by atoms with Gasteiger partial charge >= 0.3 is 5.97 Å². The molecule has 2 rings (SSSR count). The number of hydrogen-bond donors (Lipinski definition) is 3. The van der Waals surface area contributed by atoms with E-state index in [4.69, 9.17) is 10.8 Å². The average molecular weight is 335 g/mol. The average Bonchev–Trinajstić information content (AvgIpc) is 2.47. The van der Waals surface area contributed by atoms with E-state index in [-0.39, 0.29) is 22.7 Å². The molecule has 0 fully saturated rings. The van der Waals surface area contributed by atoms with Crippen LogP contribution in [0.2, 0.25) is 0 Å². The predicted octanol–water partition coefficient (Wildman–Crippen LogP) is 0.608. The fourth-order valence-electron chi connectivity index (χ4n) is 1.78. The highest BCUT2D eigenvalue weighted by molar-refractivity contribution is 7.92. The van der Waals surface area contributed by atoms with Gasteiger partial charge in [-0.15, -0.1) is 0 Å². The Morgan fingerprint density at radius 3 is 2.26 bits per heavy atom. The number of nitrogens with zero attached hydrogens (tertiary/aromatic N) is 1. The molecule has 1 aromatic heterocycles. The van der Waals surface area contributed by atoms with Crippen molar-refractivity contribution in [2.24, 2.45) is 5.73 Å². The molecule has 0 spiro atoms. The molecule has 0 aliphatic rings. The summed E-state index contributed by atoms with van der Waals surface area (Å²) in [5, 5.41) is 8.68. The first-order valence-corrected chi connectivity index (χ1v) is 7.85. The van der Waals surface area contributed by atoms with Crippen LogP contribution in [-0.4, -0.2) is 30.4 Å². The van der Waals surface area contributed by atoms with Gasteiger partial charge in [0.1, 0.15) is 5.69 Å². The summed E-state index contributed by atoms with van der Waals surface area (Å²) in [6.45, 7) is 0. The van der Waals surface area contributed by atoms with E-state index in [1.165, 1.54) is 42.6 Å². The predicted molar refractivity (Wildman–Crippen MR) is 81.3 cm³/mol. The van der Waals surface area contributed by atoms with Crippen molar-refractivity contribution in [3.05, 3.63) is 53.9 Å². The van der Waals surface area contributed by atoms with Crippen molar-refractivity contribution in [2.45, 2.75) is 11.3 Å². The Balaban J connectivity index is 2.17. The summed E-state index contributed by atoms with van der Waals surface area (Å²) in [5.74, 6) is -1.72. The molecule has 0 radical (unpaired) electrons. The highest BCUT2D eigenvalue weighted by atomic mass is 32.2. The van der Waals surface area contributed by atoms with Crippen LogP contribution in [0, 0.1) is 0 Å². The van der Waals surface area contributed by atoms with Gasteiger partial charge in [-0.1, -0.05) is 12.1 Å². The molecule has 0 bridgehead atoms. The van der Waals surface area contributed by atoms with Crippen LogP contribution in [0.15, 0.2) is 47.5 Å². The first kappa shape index (κ1) is 16.4. The van der Waals surface area contributed by atoms with Gasteiger partial charge in [0.05, 0.1) is 23.2 Å². The normalized spacial score (nSPS) is 11.0. The van der Waals surface area contributed by atoms with Gasteiger partial charge in [0.15, 0.2) is 0 Å². The number of rotatable bonds is 6. The molecule has 120 valence electrons. The molecule has 4 N–H and O–H groups in total. The maximum atomic E-state index is 12.2. The van der Waals surface area contributed by atoms with Crippen LogP contribution in [0.4, 0.5) is 5.69 Å². The summed E-state index contributed by atoms with van der Waals surface area (Å²) >= 11 is 0. The maximum Gasteiger partial charge on any atom is 0.307 e. The van der Waals surface area contributed by atoms with Crippen LogP contribution in [0.25, 0.3) is 0 Å². The maximum absolute atomic E-state index is 12.2. The van der Waals surface area contributed by atoms with Crippen LogP contribution in [0.5, 0.6) is 0 Å². The fraction of sp³-hybridized carbons (Fsp3) is 0.0714. The first-order chi connectivity index (χ1) is 10.8. The second-order valence-electron chi connectivity index (χ2n) is 4.62. The number of hydrogen-bond acceptors (Lipinski definition) is 5. The summed E-state index contributed by atoms with van der Waals surface area (Å²) < 4.78 is 26.7. The van der Waals surface area contributed by atoms with Crippen molar-refractivity contribution in [1.82, 2.24) is 4.98 Å². The summed E-state index contributed by atoms with van der Waals surface area (Å²) in [7, 11) is -3.85. The number of pyridine rings is 1. The summed E-state index contributed by atoms with van der Waals surface area (Å²) in [6.07, 6.45) is 0.989. The van der Waals surface area contributed by atoms with Crippen molar-refractivity contribution in [2.75, 3.05) is 4.72 Å². The lowest BCUT2D eigenvalue weighted by Gasteiger charge is -2.08. The number of carboxylic acids is 1. The van der Waals surface area contributed by atoms with Gasteiger partial charge in [0, 0.05) is 0 Å². The van der Waals surface area contributed by atoms with Crippen LogP contribution in [0.1, 0.15) is 16.1 Å². The van der Waals surface area contributed by atoms with Crippen LogP contribution in [-0.2, 0) is 21.2 Å². The number of nitrogens with one attached hydrogen (secondary N) is 1. The van der Waals surface area contributed by atoms with E-state index in [0.29, 0.717) is 5.56 Å². The van der Waals surface area contributed by atoms with Crippen LogP contribution < -0.4 is 10.5 Å². The van der Waals surface area contributed by atoms with Crippen molar-refractivity contribution in [3.63, 3.8) is 0 Å². The number of carboxylic acid groups (broad SMARTS) is 1. The molecule has 9 heteroatoms. The number of sulfonamides is 1. The zero-order chi connectivity index (χ0) is 17.0. The number of carbonyl (C=O) groups is 2. The lowest BCUT2D eigenvalue weighted by molar-refractivity contribution is -0.136. The Hall–Kier alpha value is -2.94. The van der Waals surface area contributed by atoms with Gasteiger partial charge < -0.3 is 10.8 Å². The zero-order valence-corrected chi connectivity index (χ0v) is 12.6. The molecule has 1 heterocycles. The summed E-state index contributed by atoms with van der Waals surface area (Å²) in [5.41, 5.74) is 5.73. The molecule has 0 aliphatic heterocycles. The smallest absolute Gasteiger partial charge is 0.307 e. The zero-order valence-electron chi connectivity index (χ0n) is 11.8. The number of carbonyl (C=O) groups excluding carboxylic acids is 1. The standard InChI is InChI=1S/C14H13N3O5S/c15-14(20)12-6-3-10(8-16-12)17-23(21,22)11-4-1-9(2-5-11)7-13(18)19/h1-6,8,17H,7H2,(H2,15,20)(H,18,19). The molecule has 0 atom stereocenters. The van der Waals surface area contributed by atoms with Gasteiger partial charge in [-0.3, -0.25) is 14.3 Å². The molecular weight excluding hydrogens is 322 g/mol.